The SMILES string of the molecule is FP(=S)(N1CCOCC1)N1CCOCC1. The van der Waals surface area contributed by atoms with Gasteiger partial charge in [0.05, 0.1) is 26.4 Å². The Balaban J connectivity index is 1.99. The molecule has 0 bridgehead atoms. The molecule has 2 heterocycles. The standard InChI is InChI=1S/C8H16FN2O2PS/c9-14(15,10-1-5-12-6-2-10)11-3-7-13-8-4-11/h1-8H2. The molecular formula is C8H16FN2O2PS. The van der Waals surface area contributed by atoms with Gasteiger partial charge in [-0.3, -0.25) is 0 Å². The molecule has 2 fully saturated rings. The van der Waals surface area contributed by atoms with Gasteiger partial charge < -0.3 is 9.47 Å². The van der Waals surface area contributed by atoms with Gasteiger partial charge in [-0.1, -0.05) is 0 Å². The average molecular weight is 254 g/mol. The Morgan fingerprint density at radius 1 is 0.867 bits per heavy atom. The minimum atomic E-state index is -3.00. The number of nitrogens with zero attached hydrogens (tertiary/aromatic N) is 2. The number of hydrogen-bond acceptors (Lipinski definition) is 3. The Labute approximate surface area is 94.5 Å². The van der Waals surface area contributed by atoms with Gasteiger partial charge >= 0.3 is 0 Å². The van der Waals surface area contributed by atoms with Gasteiger partial charge in [0.25, 0.3) is 0 Å². The Bertz CT molecular complexity index is 235. The van der Waals surface area contributed by atoms with Gasteiger partial charge in [-0.15, -0.1) is 0 Å². The van der Waals surface area contributed by atoms with Crippen LogP contribution in [0.4, 0.5) is 4.20 Å². The quantitative estimate of drug-likeness (QED) is 0.680. The molecule has 0 unspecified atom stereocenters. The Morgan fingerprint density at radius 2 is 1.20 bits per heavy atom. The van der Waals surface area contributed by atoms with E-state index in [4.69, 9.17) is 21.3 Å². The van der Waals surface area contributed by atoms with Crippen molar-refractivity contribution < 1.29 is 13.7 Å². The van der Waals surface area contributed by atoms with E-state index in [2.05, 4.69) is 0 Å². The van der Waals surface area contributed by atoms with Crippen molar-refractivity contribution in [3.05, 3.63) is 0 Å². The maximum absolute atomic E-state index is 14.5. The molecule has 0 aromatic carbocycles. The van der Waals surface area contributed by atoms with Crippen molar-refractivity contribution in [3.8, 4) is 0 Å². The first kappa shape index (κ1) is 11.9. The van der Waals surface area contributed by atoms with Gasteiger partial charge in [0.15, 0.2) is 0 Å². The number of hydrogen-bond donors (Lipinski definition) is 0. The molecule has 2 saturated heterocycles. The summed E-state index contributed by atoms with van der Waals surface area (Å²) in [5.41, 5.74) is 0. The molecule has 7 heteroatoms. The van der Waals surface area contributed by atoms with Gasteiger partial charge in [-0.2, -0.15) is 4.20 Å². The molecule has 15 heavy (non-hydrogen) atoms. The topological polar surface area (TPSA) is 24.9 Å². The Hall–Kier alpha value is 0.420. The normalized spacial score (nSPS) is 26.7. The van der Waals surface area contributed by atoms with Crippen molar-refractivity contribution in [2.45, 2.75) is 0 Å². The molecule has 0 aromatic heterocycles. The van der Waals surface area contributed by atoms with E-state index in [1.807, 2.05) is 0 Å². The minimum absolute atomic E-state index is 0.590. The predicted octanol–water partition coefficient (Wildman–Crippen LogP) is 0.845. The summed E-state index contributed by atoms with van der Waals surface area (Å²) in [4.78, 5) is 0. The zero-order chi connectivity index (χ0) is 10.7. The van der Waals surface area contributed by atoms with Gasteiger partial charge in [-0.25, -0.2) is 9.34 Å². The monoisotopic (exact) mass is 254 g/mol. The second kappa shape index (κ2) is 5.17. The number of rotatable bonds is 2. The summed E-state index contributed by atoms with van der Waals surface area (Å²) in [5.74, 6) is 0. The van der Waals surface area contributed by atoms with Crippen molar-refractivity contribution in [2.24, 2.45) is 0 Å². The second-order valence-corrected chi connectivity index (χ2v) is 7.08. The number of halogens is 1. The summed E-state index contributed by atoms with van der Waals surface area (Å²) >= 11 is 5.17. The first-order valence-electron chi connectivity index (χ1n) is 5.17. The molecule has 0 amide bonds. The van der Waals surface area contributed by atoms with E-state index < -0.39 is 6.65 Å². The van der Waals surface area contributed by atoms with E-state index in [-0.39, 0.29) is 0 Å². The summed E-state index contributed by atoms with van der Waals surface area (Å²) in [6.07, 6.45) is 0. The first-order valence-corrected chi connectivity index (χ1v) is 7.77. The zero-order valence-corrected chi connectivity index (χ0v) is 10.3. The van der Waals surface area contributed by atoms with Crippen LogP contribution in [0.1, 0.15) is 0 Å². The minimum Gasteiger partial charge on any atom is -0.379 e. The lowest BCUT2D eigenvalue weighted by Crippen LogP contribution is -2.41. The fourth-order valence-corrected chi connectivity index (χ4v) is 4.43. The van der Waals surface area contributed by atoms with Crippen molar-refractivity contribution in [3.63, 3.8) is 0 Å². The largest absolute Gasteiger partial charge is 0.379 e. The summed E-state index contributed by atoms with van der Waals surface area (Å²) in [6, 6.07) is 0. The van der Waals surface area contributed by atoms with Crippen molar-refractivity contribution in [1.82, 2.24) is 9.34 Å². The second-order valence-electron chi connectivity index (χ2n) is 3.61. The van der Waals surface area contributed by atoms with E-state index >= 15 is 0 Å². The Kier molecular flexibility index (Phi) is 4.10. The van der Waals surface area contributed by atoms with Crippen LogP contribution >= 0.6 is 6.65 Å². The Morgan fingerprint density at radius 3 is 1.53 bits per heavy atom. The fourth-order valence-electron chi connectivity index (χ4n) is 1.78. The first-order chi connectivity index (χ1) is 7.21. The highest BCUT2D eigenvalue weighted by Crippen LogP contribution is 2.55. The van der Waals surface area contributed by atoms with Gasteiger partial charge in [0, 0.05) is 26.2 Å². The fraction of sp³-hybridized carbons (Fsp3) is 1.00. The molecule has 2 aliphatic heterocycles. The van der Waals surface area contributed by atoms with Crippen LogP contribution < -0.4 is 0 Å². The lowest BCUT2D eigenvalue weighted by atomic mass is 10.5. The molecule has 0 aromatic rings. The molecule has 0 aliphatic carbocycles. The molecule has 2 aliphatic rings. The van der Waals surface area contributed by atoms with Crippen LogP contribution in [0.2, 0.25) is 0 Å². The smallest absolute Gasteiger partial charge is 0.246 e. The van der Waals surface area contributed by atoms with Gasteiger partial charge in [0.2, 0.25) is 6.65 Å². The lowest BCUT2D eigenvalue weighted by Gasteiger charge is -2.39. The highest BCUT2D eigenvalue weighted by molar-refractivity contribution is 8.09. The predicted molar refractivity (Wildman–Crippen MR) is 60.2 cm³/mol. The van der Waals surface area contributed by atoms with Crippen LogP contribution in [-0.4, -0.2) is 61.9 Å². The summed E-state index contributed by atoms with van der Waals surface area (Å²) in [7, 11) is 0. The average Bonchev–Trinajstić information content (AvgIpc) is 2.31. The van der Waals surface area contributed by atoms with E-state index in [1.165, 1.54) is 0 Å². The molecule has 2 rings (SSSR count). The molecule has 0 radical (unpaired) electrons. The maximum Gasteiger partial charge on any atom is 0.246 e. The zero-order valence-electron chi connectivity index (χ0n) is 8.60. The summed E-state index contributed by atoms with van der Waals surface area (Å²) < 4.78 is 28.5. The molecule has 0 spiro atoms. The van der Waals surface area contributed by atoms with E-state index in [1.54, 1.807) is 9.34 Å². The van der Waals surface area contributed by atoms with Crippen molar-refractivity contribution >= 4 is 18.5 Å². The highest BCUT2D eigenvalue weighted by atomic mass is 32.5. The highest BCUT2D eigenvalue weighted by Gasteiger charge is 2.34. The molecule has 4 nitrogen and oxygen atoms in total. The van der Waals surface area contributed by atoms with Crippen LogP contribution in [0.25, 0.3) is 0 Å². The van der Waals surface area contributed by atoms with Crippen LogP contribution in [0, 0.1) is 0 Å². The lowest BCUT2D eigenvalue weighted by molar-refractivity contribution is 0.0543. The third kappa shape index (κ3) is 2.75. The third-order valence-electron chi connectivity index (χ3n) is 2.67. The van der Waals surface area contributed by atoms with Gasteiger partial charge in [0.1, 0.15) is 0 Å². The molecular weight excluding hydrogens is 238 g/mol. The molecule has 0 N–H and O–H groups in total. The molecule has 88 valence electrons. The third-order valence-corrected chi connectivity index (χ3v) is 6.25. The number of morpholine rings is 2. The van der Waals surface area contributed by atoms with E-state index in [0.717, 1.165) is 0 Å². The van der Waals surface area contributed by atoms with Crippen molar-refractivity contribution in [2.75, 3.05) is 52.6 Å². The van der Waals surface area contributed by atoms with Crippen LogP contribution in [0.3, 0.4) is 0 Å². The van der Waals surface area contributed by atoms with Crippen molar-refractivity contribution in [1.29, 1.82) is 0 Å². The van der Waals surface area contributed by atoms with E-state index in [9.17, 15) is 4.20 Å². The molecule has 0 atom stereocenters. The summed E-state index contributed by atoms with van der Waals surface area (Å²) in [6.45, 7) is 1.82. The number of ether oxygens (including phenoxy) is 2. The van der Waals surface area contributed by atoms with E-state index in [0.29, 0.717) is 52.6 Å². The van der Waals surface area contributed by atoms with Crippen LogP contribution in [-0.2, 0) is 21.3 Å². The molecule has 0 saturated carbocycles. The van der Waals surface area contributed by atoms with Gasteiger partial charge in [-0.05, 0) is 11.8 Å². The summed E-state index contributed by atoms with van der Waals surface area (Å²) in [5, 5.41) is 0. The van der Waals surface area contributed by atoms with Crippen LogP contribution in [0.15, 0.2) is 0 Å². The van der Waals surface area contributed by atoms with Crippen LogP contribution in [0.5, 0.6) is 0 Å². The maximum atomic E-state index is 14.5.